The van der Waals surface area contributed by atoms with E-state index in [9.17, 15) is 17.6 Å². The zero-order chi connectivity index (χ0) is 30.2. The van der Waals surface area contributed by atoms with E-state index in [2.05, 4.69) is 5.32 Å². The first-order valence-electron chi connectivity index (χ1n) is 13.0. The van der Waals surface area contributed by atoms with Gasteiger partial charge in [0.05, 0.1) is 22.4 Å². The SMILES string of the molecule is C[C@@H](NC(=O)c1nn(-c2ccc(Cl)cc2Cl)c2c1CN(S(=O)(=O)N(C)C)C/C2=C\c1ccc(F)cc1)c1ccccc1. The van der Waals surface area contributed by atoms with Crippen molar-refractivity contribution in [2.24, 2.45) is 0 Å². The third-order valence-electron chi connectivity index (χ3n) is 6.97. The Kier molecular flexibility index (Phi) is 8.54. The quantitative estimate of drug-likeness (QED) is 0.273. The van der Waals surface area contributed by atoms with E-state index < -0.39 is 21.9 Å². The number of nitrogens with zero attached hydrogens (tertiary/aromatic N) is 4. The third kappa shape index (κ3) is 5.99. The summed E-state index contributed by atoms with van der Waals surface area (Å²) in [5.74, 6) is -0.876. The van der Waals surface area contributed by atoms with Gasteiger partial charge in [-0.15, -0.1) is 0 Å². The molecule has 42 heavy (non-hydrogen) atoms. The summed E-state index contributed by atoms with van der Waals surface area (Å²) in [4.78, 5) is 13.8. The van der Waals surface area contributed by atoms with Crippen LogP contribution in [0.25, 0.3) is 17.3 Å². The number of carbonyl (C=O) groups is 1. The molecule has 1 aliphatic heterocycles. The molecule has 0 saturated carbocycles. The molecule has 0 unspecified atom stereocenters. The molecule has 4 aromatic rings. The average molecular weight is 629 g/mol. The lowest BCUT2D eigenvalue weighted by Crippen LogP contribution is -2.43. The Hall–Kier alpha value is -3.54. The van der Waals surface area contributed by atoms with Gasteiger partial charge in [-0.05, 0) is 60.0 Å². The van der Waals surface area contributed by atoms with Gasteiger partial charge in [-0.1, -0.05) is 65.7 Å². The van der Waals surface area contributed by atoms with Crippen LogP contribution in [0.3, 0.4) is 0 Å². The van der Waals surface area contributed by atoms with Gasteiger partial charge in [-0.3, -0.25) is 4.79 Å². The van der Waals surface area contributed by atoms with Crippen molar-refractivity contribution in [1.29, 1.82) is 0 Å². The molecule has 0 spiro atoms. The Morgan fingerprint density at radius 3 is 2.38 bits per heavy atom. The fourth-order valence-corrected chi connectivity index (χ4v) is 6.34. The van der Waals surface area contributed by atoms with Gasteiger partial charge >= 0.3 is 0 Å². The van der Waals surface area contributed by atoms with Crippen LogP contribution in [0.15, 0.2) is 72.8 Å². The number of carbonyl (C=O) groups excluding carboxylic acids is 1. The minimum Gasteiger partial charge on any atom is -0.344 e. The zero-order valence-electron chi connectivity index (χ0n) is 23.1. The number of fused-ring (bicyclic) bond motifs is 1. The van der Waals surface area contributed by atoms with Gasteiger partial charge < -0.3 is 5.32 Å². The second-order valence-electron chi connectivity index (χ2n) is 10.1. The summed E-state index contributed by atoms with van der Waals surface area (Å²) in [7, 11) is -1.01. The number of aromatic nitrogens is 2. The van der Waals surface area contributed by atoms with Crippen molar-refractivity contribution < 1.29 is 17.6 Å². The predicted molar refractivity (Wildman–Crippen MR) is 163 cm³/mol. The van der Waals surface area contributed by atoms with E-state index >= 15 is 0 Å². The van der Waals surface area contributed by atoms with E-state index in [4.69, 9.17) is 28.3 Å². The Morgan fingerprint density at radius 1 is 1.05 bits per heavy atom. The Bertz CT molecular complexity index is 1770. The molecule has 1 aliphatic rings. The van der Waals surface area contributed by atoms with Crippen molar-refractivity contribution in [3.8, 4) is 5.69 Å². The number of rotatable bonds is 7. The van der Waals surface area contributed by atoms with Crippen molar-refractivity contribution in [3.63, 3.8) is 0 Å². The van der Waals surface area contributed by atoms with Crippen molar-refractivity contribution >= 4 is 51.0 Å². The van der Waals surface area contributed by atoms with Crippen molar-refractivity contribution in [2.75, 3.05) is 20.6 Å². The first kappa shape index (κ1) is 29.9. The standard InChI is InChI=1S/C30H28Cl2FN5O3S/c1-19(21-7-5-4-6-8-21)34-30(39)28-25-18-37(42(40,41)36(2)3)17-22(15-20-9-12-24(33)13-10-20)29(25)38(35-28)27-14-11-23(31)16-26(27)32/h4-16,19H,17-18H2,1-3H3,(H,34,39)/b22-15+/t19-/m1/s1. The summed E-state index contributed by atoms with van der Waals surface area (Å²) in [5.41, 5.74) is 3.52. The lowest BCUT2D eigenvalue weighted by molar-refractivity contribution is 0.0933. The summed E-state index contributed by atoms with van der Waals surface area (Å²) in [6, 6.07) is 19.8. The molecular weight excluding hydrogens is 600 g/mol. The monoisotopic (exact) mass is 627 g/mol. The average Bonchev–Trinajstić information content (AvgIpc) is 3.34. The smallest absolute Gasteiger partial charge is 0.282 e. The molecule has 218 valence electrons. The lowest BCUT2D eigenvalue weighted by atomic mass is 9.98. The normalized spacial score (nSPS) is 15.5. The van der Waals surface area contributed by atoms with Crippen LogP contribution in [-0.2, 0) is 16.8 Å². The number of benzene rings is 3. The highest BCUT2D eigenvalue weighted by molar-refractivity contribution is 7.86. The molecule has 1 N–H and O–H groups in total. The van der Waals surface area contributed by atoms with Crippen LogP contribution in [0, 0.1) is 5.82 Å². The predicted octanol–water partition coefficient (Wildman–Crippen LogP) is 5.97. The van der Waals surface area contributed by atoms with Gasteiger partial charge in [-0.2, -0.15) is 22.1 Å². The molecule has 8 nitrogen and oxygen atoms in total. The molecule has 0 fully saturated rings. The molecule has 0 radical (unpaired) electrons. The first-order valence-corrected chi connectivity index (χ1v) is 15.2. The molecule has 1 atom stereocenters. The second-order valence-corrected chi connectivity index (χ2v) is 13.1. The maximum Gasteiger partial charge on any atom is 0.282 e. The number of hydrogen-bond acceptors (Lipinski definition) is 4. The molecule has 12 heteroatoms. The highest BCUT2D eigenvalue weighted by Gasteiger charge is 2.37. The van der Waals surface area contributed by atoms with Crippen LogP contribution < -0.4 is 5.32 Å². The number of halogens is 3. The molecule has 1 amide bonds. The molecular formula is C30H28Cl2FN5O3S. The minimum absolute atomic E-state index is 0.0245. The van der Waals surface area contributed by atoms with Crippen molar-refractivity contribution in [2.45, 2.75) is 19.5 Å². The van der Waals surface area contributed by atoms with Crippen molar-refractivity contribution in [3.05, 3.63) is 117 Å². The van der Waals surface area contributed by atoms with Gasteiger partial charge in [0, 0.05) is 37.8 Å². The van der Waals surface area contributed by atoms with E-state index in [1.165, 1.54) is 30.5 Å². The molecule has 0 bridgehead atoms. The number of amides is 1. The highest BCUT2D eigenvalue weighted by atomic mass is 35.5. The van der Waals surface area contributed by atoms with E-state index in [0.717, 1.165) is 9.87 Å². The maximum atomic E-state index is 13.8. The first-order chi connectivity index (χ1) is 20.0. The van der Waals surface area contributed by atoms with Crippen molar-refractivity contribution in [1.82, 2.24) is 23.7 Å². The van der Waals surface area contributed by atoms with E-state index in [1.807, 2.05) is 37.3 Å². The molecule has 1 aromatic heterocycles. The number of nitrogens with one attached hydrogen (secondary N) is 1. The van der Waals surface area contributed by atoms with Crippen LogP contribution in [0.5, 0.6) is 0 Å². The summed E-state index contributed by atoms with van der Waals surface area (Å²) in [5, 5.41) is 8.41. The molecule has 0 saturated heterocycles. The summed E-state index contributed by atoms with van der Waals surface area (Å²) < 4.78 is 44.4. The van der Waals surface area contributed by atoms with E-state index in [1.54, 1.807) is 41.1 Å². The molecule has 0 aliphatic carbocycles. The van der Waals surface area contributed by atoms with Crippen LogP contribution in [-0.4, -0.2) is 53.4 Å². The Morgan fingerprint density at radius 2 is 1.74 bits per heavy atom. The zero-order valence-corrected chi connectivity index (χ0v) is 25.4. The number of hydrogen-bond donors (Lipinski definition) is 1. The van der Waals surface area contributed by atoms with E-state index in [-0.39, 0.29) is 24.8 Å². The largest absolute Gasteiger partial charge is 0.344 e. The lowest BCUT2D eigenvalue weighted by Gasteiger charge is -2.31. The molecule has 3 aromatic carbocycles. The highest BCUT2D eigenvalue weighted by Crippen LogP contribution is 2.37. The van der Waals surface area contributed by atoms with Gasteiger partial charge in [-0.25, -0.2) is 9.07 Å². The van der Waals surface area contributed by atoms with Crippen LogP contribution in [0.1, 0.15) is 45.8 Å². The Balaban J connectivity index is 1.72. The van der Waals surface area contributed by atoms with Gasteiger partial charge in [0.2, 0.25) is 0 Å². The summed E-state index contributed by atoms with van der Waals surface area (Å²) in [6.45, 7) is 1.73. The summed E-state index contributed by atoms with van der Waals surface area (Å²) >= 11 is 12.8. The van der Waals surface area contributed by atoms with Gasteiger partial charge in [0.15, 0.2) is 5.69 Å². The Labute approximate surface area is 254 Å². The van der Waals surface area contributed by atoms with Gasteiger partial charge in [0.1, 0.15) is 5.82 Å². The minimum atomic E-state index is -3.90. The maximum absolute atomic E-state index is 13.8. The fourth-order valence-electron chi connectivity index (χ4n) is 4.80. The summed E-state index contributed by atoms with van der Waals surface area (Å²) in [6.07, 6.45) is 1.76. The molecule has 5 rings (SSSR count). The fraction of sp³-hybridized carbons (Fsp3) is 0.200. The third-order valence-corrected chi connectivity index (χ3v) is 9.34. The van der Waals surface area contributed by atoms with Gasteiger partial charge in [0.25, 0.3) is 16.1 Å². The second kappa shape index (κ2) is 12.0. The van der Waals surface area contributed by atoms with E-state index in [0.29, 0.717) is 38.1 Å². The topological polar surface area (TPSA) is 87.5 Å². The van der Waals surface area contributed by atoms with Crippen LogP contribution >= 0.6 is 23.2 Å². The van der Waals surface area contributed by atoms with Crippen LogP contribution in [0.2, 0.25) is 10.0 Å². The molecule has 2 heterocycles. The van der Waals surface area contributed by atoms with Crippen LogP contribution in [0.4, 0.5) is 4.39 Å².